The number of carbonyl (C=O) groups excluding carboxylic acids is 3. The van der Waals surface area contributed by atoms with Crippen molar-refractivity contribution in [3.8, 4) is 0 Å². The monoisotopic (exact) mass is 473 g/mol. The number of nitrogens with zero attached hydrogens (tertiary/aromatic N) is 2. The largest absolute Gasteiger partial charge is 0.376 e. The summed E-state index contributed by atoms with van der Waals surface area (Å²) in [5.74, 6) is 0.0495. The van der Waals surface area contributed by atoms with Gasteiger partial charge in [0, 0.05) is 24.6 Å². The van der Waals surface area contributed by atoms with Crippen molar-refractivity contribution in [2.75, 3.05) is 32.5 Å². The zero-order chi connectivity index (χ0) is 23.4. The summed E-state index contributed by atoms with van der Waals surface area (Å²) in [6.07, 6.45) is 7.11. The summed E-state index contributed by atoms with van der Waals surface area (Å²) in [4.78, 5) is 43.7. The molecule has 0 aromatic heterocycles. The van der Waals surface area contributed by atoms with E-state index in [9.17, 15) is 14.4 Å². The van der Waals surface area contributed by atoms with E-state index in [2.05, 4.69) is 5.32 Å². The van der Waals surface area contributed by atoms with Crippen LogP contribution in [0.25, 0.3) is 0 Å². The molecule has 0 aliphatic carbocycles. The molecule has 2 atom stereocenters. The Kier molecular flexibility index (Phi) is 7.64. The van der Waals surface area contributed by atoms with Crippen LogP contribution in [0.4, 0.5) is 4.79 Å². The van der Waals surface area contributed by atoms with Crippen LogP contribution >= 0.6 is 11.8 Å². The van der Waals surface area contributed by atoms with Gasteiger partial charge >= 0.3 is 6.03 Å². The molecule has 1 N–H and O–H groups in total. The Morgan fingerprint density at radius 2 is 1.91 bits per heavy atom. The molecule has 0 unspecified atom stereocenters. The minimum atomic E-state index is -0.854. The molecule has 0 bridgehead atoms. The normalized spacial score (nSPS) is 26.2. The van der Waals surface area contributed by atoms with Gasteiger partial charge in [-0.2, -0.15) is 0 Å². The van der Waals surface area contributed by atoms with E-state index in [1.54, 1.807) is 11.8 Å². The number of urea groups is 1. The lowest BCUT2D eigenvalue weighted by Gasteiger charge is -2.41. The molecule has 0 spiro atoms. The first kappa shape index (κ1) is 24.1. The SMILES string of the molecule is CCC[C@]1(C2CCN(C(=O)Cc3ccc(SC)cc3)CC2)NC(=O)N(C[C@@H]2CCCO2)C1=O. The van der Waals surface area contributed by atoms with Crippen LogP contribution in [0.15, 0.2) is 29.2 Å². The van der Waals surface area contributed by atoms with Crippen molar-refractivity contribution in [3.63, 3.8) is 0 Å². The summed E-state index contributed by atoms with van der Waals surface area (Å²) >= 11 is 1.69. The lowest BCUT2D eigenvalue weighted by atomic mass is 9.74. The maximum Gasteiger partial charge on any atom is 0.325 e. The van der Waals surface area contributed by atoms with Gasteiger partial charge in [0.1, 0.15) is 5.54 Å². The maximum atomic E-state index is 13.5. The summed E-state index contributed by atoms with van der Waals surface area (Å²) in [5.41, 5.74) is 0.165. The first-order valence-electron chi connectivity index (χ1n) is 12.1. The molecule has 0 radical (unpaired) electrons. The van der Waals surface area contributed by atoms with E-state index >= 15 is 0 Å². The quantitative estimate of drug-likeness (QED) is 0.462. The third kappa shape index (κ3) is 5.06. The highest BCUT2D eigenvalue weighted by atomic mass is 32.2. The standard InChI is InChI=1S/C25H35N3O4S/c1-3-12-25(23(30)28(24(31)26-25)17-20-5-4-15-32-20)19-10-13-27(14-11-19)22(29)16-18-6-8-21(33-2)9-7-18/h6-9,19-20H,3-5,10-17H2,1-2H3,(H,26,31)/t20-,25+/m0/s1. The van der Waals surface area contributed by atoms with Crippen molar-refractivity contribution < 1.29 is 19.1 Å². The number of piperidine rings is 1. The van der Waals surface area contributed by atoms with Crippen molar-refractivity contribution in [3.05, 3.63) is 29.8 Å². The topological polar surface area (TPSA) is 79.0 Å². The van der Waals surface area contributed by atoms with Crippen molar-refractivity contribution in [1.29, 1.82) is 0 Å². The van der Waals surface area contributed by atoms with Gasteiger partial charge in [0.2, 0.25) is 5.91 Å². The van der Waals surface area contributed by atoms with Gasteiger partial charge in [-0.15, -0.1) is 11.8 Å². The minimum absolute atomic E-state index is 0.0355. The number of rotatable bonds is 8. The highest BCUT2D eigenvalue weighted by molar-refractivity contribution is 7.98. The Morgan fingerprint density at radius 3 is 2.52 bits per heavy atom. The average molecular weight is 474 g/mol. The fraction of sp³-hybridized carbons (Fsp3) is 0.640. The zero-order valence-electron chi connectivity index (χ0n) is 19.7. The Hall–Kier alpha value is -2.06. The summed E-state index contributed by atoms with van der Waals surface area (Å²) in [6.45, 7) is 4.32. The van der Waals surface area contributed by atoms with Gasteiger partial charge in [-0.3, -0.25) is 14.5 Å². The van der Waals surface area contributed by atoms with Crippen molar-refractivity contribution in [1.82, 2.24) is 15.1 Å². The summed E-state index contributed by atoms with van der Waals surface area (Å²) in [5, 5.41) is 3.08. The number of thioether (sulfide) groups is 1. The van der Waals surface area contributed by atoms with Gasteiger partial charge < -0.3 is 15.0 Å². The molecule has 4 rings (SSSR count). The van der Waals surface area contributed by atoms with E-state index in [-0.39, 0.29) is 29.9 Å². The van der Waals surface area contributed by atoms with Crippen molar-refractivity contribution in [2.45, 2.75) is 68.4 Å². The van der Waals surface area contributed by atoms with E-state index in [0.717, 1.165) is 37.7 Å². The zero-order valence-corrected chi connectivity index (χ0v) is 20.5. The molecule has 3 fully saturated rings. The first-order valence-corrected chi connectivity index (χ1v) is 13.4. The van der Waals surface area contributed by atoms with Gasteiger partial charge in [-0.1, -0.05) is 25.5 Å². The molecule has 3 aliphatic heterocycles. The molecule has 0 saturated carbocycles. The second kappa shape index (κ2) is 10.5. The average Bonchev–Trinajstić information content (AvgIpc) is 3.43. The Bertz CT molecular complexity index is 863. The number of likely N-dealkylation sites (tertiary alicyclic amines) is 1. The maximum absolute atomic E-state index is 13.5. The summed E-state index contributed by atoms with van der Waals surface area (Å²) in [7, 11) is 0. The lowest BCUT2D eigenvalue weighted by Crippen LogP contribution is -2.56. The molecule has 3 saturated heterocycles. The fourth-order valence-electron chi connectivity index (χ4n) is 5.50. The number of carbonyl (C=O) groups is 3. The van der Waals surface area contributed by atoms with Crippen LogP contribution in [-0.4, -0.2) is 71.8 Å². The van der Waals surface area contributed by atoms with Crippen LogP contribution < -0.4 is 5.32 Å². The number of benzene rings is 1. The van der Waals surface area contributed by atoms with Gasteiger partial charge in [-0.05, 0) is 62.0 Å². The number of amides is 4. The van der Waals surface area contributed by atoms with Crippen LogP contribution in [-0.2, 0) is 20.7 Å². The van der Waals surface area contributed by atoms with Crippen LogP contribution in [0.3, 0.4) is 0 Å². The van der Waals surface area contributed by atoms with Gasteiger partial charge in [-0.25, -0.2) is 4.79 Å². The molecule has 3 heterocycles. The Morgan fingerprint density at radius 1 is 1.18 bits per heavy atom. The van der Waals surface area contributed by atoms with E-state index in [1.165, 1.54) is 9.80 Å². The smallest absolute Gasteiger partial charge is 0.325 e. The van der Waals surface area contributed by atoms with Crippen LogP contribution in [0.5, 0.6) is 0 Å². The third-order valence-electron chi connectivity index (χ3n) is 7.32. The van der Waals surface area contributed by atoms with Gasteiger partial charge in [0.05, 0.1) is 19.1 Å². The molecule has 8 heteroatoms. The Balaban J connectivity index is 1.38. The van der Waals surface area contributed by atoms with E-state index in [4.69, 9.17) is 4.74 Å². The molecular weight excluding hydrogens is 438 g/mol. The van der Waals surface area contributed by atoms with Gasteiger partial charge in [0.25, 0.3) is 5.91 Å². The van der Waals surface area contributed by atoms with E-state index in [0.29, 0.717) is 39.1 Å². The second-order valence-electron chi connectivity index (χ2n) is 9.38. The number of imide groups is 1. The van der Waals surface area contributed by atoms with Crippen molar-refractivity contribution >= 4 is 29.6 Å². The summed E-state index contributed by atoms with van der Waals surface area (Å²) < 4.78 is 5.67. The molecular formula is C25H35N3O4S. The molecule has 1 aromatic rings. The first-order chi connectivity index (χ1) is 16.0. The third-order valence-corrected chi connectivity index (χ3v) is 8.06. The predicted molar refractivity (Wildman–Crippen MR) is 128 cm³/mol. The van der Waals surface area contributed by atoms with Crippen LogP contribution in [0.2, 0.25) is 0 Å². The highest BCUT2D eigenvalue weighted by Crippen LogP contribution is 2.37. The van der Waals surface area contributed by atoms with Crippen LogP contribution in [0.1, 0.15) is 51.0 Å². The summed E-state index contributed by atoms with van der Waals surface area (Å²) in [6, 6.07) is 7.83. The number of hydrogen-bond acceptors (Lipinski definition) is 5. The lowest BCUT2D eigenvalue weighted by molar-refractivity contribution is -0.136. The molecule has 33 heavy (non-hydrogen) atoms. The number of nitrogens with one attached hydrogen (secondary N) is 1. The van der Waals surface area contributed by atoms with Crippen molar-refractivity contribution in [2.24, 2.45) is 5.92 Å². The minimum Gasteiger partial charge on any atom is -0.376 e. The fourth-order valence-corrected chi connectivity index (χ4v) is 5.91. The van der Waals surface area contributed by atoms with E-state index in [1.807, 2.05) is 42.3 Å². The number of hydrogen-bond donors (Lipinski definition) is 1. The second-order valence-corrected chi connectivity index (χ2v) is 10.3. The molecule has 7 nitrogen and oxygen atoms in total. The molecule has 1 aromatic carbocycles. The molecule has 180 valence electrons. The van der Waals surface area contributed by atoms with Gasteiger partial charge in [0.15, 0.2) is 0 Å². The number of ether oxygens (including phenoxy) is 1. The highest BCUT2D eigenvalue weighted by Gasteiger charge is 2.55. The molecule has 4 amide bonds. The molecule has 3 aliphatic rings. The predicted octanol–water partition coefficient (Wildman–Crippen LogP) is 3.46. The Labute approximate surface area is 200 Å². The van der Waals surface area contributed by atoms with Crippen LogP contribution in [0, 0.1) is 5.92 Å². The van der Waals surface area contributed by atoms with E-state index < -0.39 is 5.54 Å².